The molecule has 1 aromatic rings. The summed E-state index contributed by atoms with van der Waals surface area (Å²) >= 11 is 0. The largest absolute Gasteiger partial charge is 0.464 e. The third-order valence-electron chi connectivity index (χ3n) is 4.43. The van der Waals surface area contributed by atoms with Gasteiger partial charge in [0.15, 0.2) is 0 Å². The fourth-order valence-corrected chi connectivity index (χ4v) is 2.91. The van der Waals surface area contributed by atoms with E-state index in [0.29, 0.717) is 12.0 Å². The van der Waals surface area contributed by atoms with Crippen molar-refractivity contribution in [2.75, 3.05) is 26.4 Å². The van der Waals surface area contributed by atoms with E-state index >= 15 is 0 Å². The van der Waals surface area contributed by atoms with Crippen molar-refractivity contribution in [3.63, 3.8) is 0 Å². The van der Waals surface area contributed by atoms with E-state index in [1.807, 2.05) is 0 Å². The second-order valence-electron chi connectivity index (χ2n) is 6.36. The Balaban J connectivity index is 1.21. The quantitative estimate of drug-likeness (QED) is 0.711. The Hall–Kier alpha value is -0.840. The number of hydrogen-bond acceptors (Lipinski definition) is 4. The molecule has 1 aromatic heterocycles. The van der Waals surface area contributed by atoms with Crippen LogP contribution in [0, 0.1) is 5.92 Å². The molecule has 0 spiro atoms. The lowest BCUT2D eigenvalue weighted by Crippen LogP contribution is -2.18. The Morgan fingerprint density at radius 2 is 2.29 bits per heavy atom. The Morgan fingerprint density at radius 3 is 3.05 bits per heavy atom. The van der Waals surface area contributed by atoms with Gasteiger partial charge >= 0.3 is 0 Å². The van der Waals surface area contributed by atoms with Crippen molar-refractivity contribution in [3.05, 3.63) is 23.7 Å². The average molecular weight is 293 g/mol. The van der Waals surface area contributed by atoms with Gasteiger partial charge in [0.25, 0.3) is 0 Å². The highest BCUT2D eigenvalue weighted by Crippen LogP contribution is 2.47. The minimum Gasteiger partial charge on any atom is -0.464 e. The maximum absolute atomic E-state index is 5.86. The van der Waals surface area contributed by atoms with Gasteiger partial charge in [-0.25, -0.2) is 0 Å². The van der Waals surface area contributed by atoms with Gasteiger partial charge < -0.3 is 19.2 Å². The zero-order chi connectivity index (χ0) is 14.5. The Kier molecular flexibility index (Phi) is 5.33. The van der Waals surface area contributed by atoms with Gasteiger partial charge in [0, 0.05) is 19.1 Å². The summed E-state index contributed by atoms with van der Waals surface area (Å²) in [7, 11) is 0. The van der Waals surface area contributed by atoms with Crippen LogP contribution in [-0.2, 0) is 16.0 Å². The van der Waals surface area contributed by atoms with Crippen molar-refractivity contribution in [1.82, 2.24) is 5.32 Å². The van der Waals surface area contributed by atoms with E-state index in [1.165, 1.54) is 18.6 Å². The summed E-state index contributed by atoms with van der Waals surface area (Å²) in [5.74, 6) is 3.69. The number of furan rings is 1. The molecule has 21 heavy (non-hydrogen) atoms. The highest BCUT2D eigenvalue weighted by atomic mass is 16.5. The van der Waals surface area contributed by atoms with E-state index in [2.05, 4.69) is 24.4 Å². The smallest absolute Gasteiger partial charge is 0.117 e. The Labute approximate surface area is 127 Å². The summed E-state index contributed by atoms with van der Waals surface area (Å²) in [5, 5.41) is 3.41. The van der Waals surface area contributed by atoms with E-state index in [-0.39, 0.29) is 0 Å². The predicted molar refractivity (Wildman–Crippen MR) is 81.3 cm³/mol. The SMILES string of the molecule is CC1CC1c1ccc(CNCCCOCC2CCCO2)o1. The van der Waals surface area contributed by atoms with Crippen LogP contribution in [0.5, 0.6) is 0 Å². The van der Waals surface area contributed by atoms with Gasteiger partial charge in [-0.3, -0.25) is 0 Å². The van der Waals surface area contributed by atoms with Gasteiger partial charge in [-0.15, -0.1) is 0 Å². The van der Waals surface area contributed by atoms with E-state index in [1.54, 1.807) is 0 Å². The van der Waals surface area contributed by atoms with Crippen LogP contribution in [0.1, 0.15) is 50.0 Å². The summed E-state index contributed by atoms with van der Waals surface area (Å²) in [6.45, 7) is 6.51. The van der Waals surface area contributed by atoms with Crippen molar-refractivity contribution in [1.29, 1.82) is 0 Å². The van der Waals surface area contributed by atoms with Gasteiger partial charge in [0.2, 0.25) is 0 Å². The molecule has 1 aliphatic heterocycles. The second kappa shape index (κ2) is 7.43. The number of nitrogens with one attached hydrogen (secondary N) is 1. The molecule has 1 saturated carbocycles. The maximum atomic E-state index is 5.86. The summed E-state index contributed by atoms with van der Waals surface area (Å²) in [5.41, 5.74) is 0. The molecule has 2 aliphatic rings. The molecule has 3 unspecified atom stereocenters. The van der Waals surface area contributed by atoms with Crippen LogP contribution in [0.4, 0.5) is 0 Å². The molecular formula is C17H27NO3. The van der Waals surface area contributed by atoms with E-state index < -0.39 is 0 Å². The third kappa shape index (κ3) is 4.56. The molecule has 1 aliphatic carbocycles. The molecule has 4 nitrogen and oxygen atoms in total. The molecule has 118 valence electrons. The second-order valence-corrected chi connectivity index (χ2v) is 6.36. The monoisotopic (exact) mass is 293 g/mol. The van der Waals surface area contributed by atoms with Crippen LogP contribution < -0.4 is 5.32 Å². The summed E-state index contributed by atoms with van der Waals surface area (Å²) in [4.78, 5) is 0. The zero-order valence-electron chi connectivity index (χ0n) is 13.0. The van der Waals surface area contributed by atoms with Crippen LogP contribution in [0.25, 0.3) is 0 Å². The van der Waals surface area contributed by atoms with Crippen LogP contribution in [-0.4, -0.2) is 32.5 Å². The van der Waals surface area contributed by atoms with Crippen LogP contribution >= 0.6 is 0 Å². The summed E-state index contributed by atoms with van der Waals surface area (Å²) in [6, 6.07) is 4.23. The lowest BCUT2D eigenvalue weighted by Gasteiger charge is -2.10. The molecule has 0 bridgehead atoms. The first kappa shape index (κ1) is 15.1. The van der Waals surface area contributed by atoms with Crippen molar-refractivity contribution >= 4 is 0 Å². The van der Waals surface area contributed by atoms with Crippen molar-refractivity contribution in [2.24, 2.45) is 5.92 Å². The van der Waals surface area contributed by atoms with E-state index in [4.69, 9.17) is 13.9 Å². The molecule has 2 fully saturated rings. The minimum absolute atomic E-state index is 0.337. The first-order chi connectivity index (χ1) is 10.3. The molecule has 3 rings (SSSR count). The lowest BCUT2D eigenvalue weighted by molar-refractivity contribution is 0.0166. The molecule has 2 heterocycles. The molecule has 3 atom stereocenters. The number of hydrogen-bond donors (Lipinski definition) is 1. The summed E-state index contributed by atoms with van der Waals surface area (Å²) < 4.78 is 17.0. The fraction of sp³-hybridized carbons (Fsp3) is 0.765. The standard InChI is InChI=1S/C17H27NO3/c1-13-10-16(13)17-6-5-14(21-17)11-18-7-3-8-19-12-15-4-2-9-20-15/h5-6,13,15-16,18H,2-4,7-12H2,1H3. The third-order valence-corrected chi connectivity index (χ3v) is 4.43. The maximum Gasteiger partial charge on any atom is 0.117 e. The first-order valence-corrected chi connectivity index (χ1v) is 8.31. The lowest BCUT2D eigenvalue weighted by atomic mass is 10.2. The van der Waals surface area contributed by atoms with Crippen LogP contribution in [0.2, 0.25) is 0 Å². The van der Waals surface area contributed by atoms with E-state index in [9.17, 15) is 0 Å². The normalized spacial score (nSPS) is 28.1. The van der Waals surface area contributed by atoms with E-state index in [0.717, 1.165) is 57.4 Å². The van der Waals surface area contributed by atoms with Crippen molar-refractivity contribution in [3.8, 4) is 0 Å². The molecular weight excluding hydrogens is 266 g/mol. The van der Waals surface area contributed by atoms with Gasteiger partial charge in [0.05, 0.1) is 19.3 Å². The van der Waals surface area contributed by atoms with Gasteiger partial charge in [0.1, 0.15) is 11.5 Å². The van der Waals surface area contributed by atoms with Gasteiger partial charge in [-0.2, -0.15) is 0 Å². The zero-order valence-corrected chi connectivity index (χ0v) is 13.0. The van der Waals surface area contributed by atoms with Crippen molar-refractivity contribution < 1.29 is 13.9 Å². The molecule has 0 radical (unpaired) electrons. The first-order valence-electron chi connectivity index (χ1n) is 8.31. The number of rotatable bonds is 9. The molecule has 1 saturated heterocycles. The van der Waals surface area contributed by atoms with Gasteiger partial charge in [-0.05, 0) is 50.3 Å². The molecule has 1 N–H and O–H groups in total. The minimum atomic E-state index is 0.337. The Morgan fingerprint density at radius 1 is 1.38 bits per heavy atom. The average Bonchev–Trinajstić information content (AvgIpc) is 2.92. The Bertz CT molecular complexity index is 425. The fourth-order valence-electron chi connectivity index (χ4n) is 2.91. The molecule has 0 amide bonds. The summed E-state index contributed by atoms with van der Waals surface area (Å²) in [6.07, 6.45) is 4.98. The molecule has 0 aromatic carbocycles. The van der Waals surface area contributed by atoms with Crippen LogP contribution in [0.15, 0.2) is 16.5 Å². The highest BCUT2D eigenvalue weighted by molar-refractivity contribution is 5.17. The number of ether oxygens (including phenoxy) is 2. The predicted octanol–water partition coefficient (Wildman–Crippen LogP) is 3.08. The topological polar surface area (TPSA) is 43.6 Å². The highest BCUT2D eigenvalue weighted by Gasteiger charge is 2.36. The van der Waals surface area contributed by atoms with Crippen LogP contribution in [0.3, 0.4) is 0 Å². The van der Waals surface area contributed by atoms with Gasteiger partial charge in [-0.1, -0.05) is 6.92 Å². The molecule has 4 heteroatoms. The van der Waals surface area contributed by atoms with Crippen molar-refractivity contribution in [2.45, 2.75) is 51.2 Å².